The van der Waals surface area contributed by atoms with Crippen LogP contribution in [0.5, 0.6) is 0 Å². The average Bonchev–Trinajstić information content (AvgIpc) is 2.93. The number of aromatic carboxylic acids is 1. The second-order valence-corrected chi connectivity index (χ2v) is 4.75. The first-order chi connectivity index (χ1) is 9.02. The largest absolute Gasteiger partial charge is 0.476 e. The predicted molar refractivity (Wildman–Crippen MR) is 68.7 cm³/mol. The van der Waals surface area contributed by atoms with Crippen LogP contribution in [0.15, 0.2) is 12.4 Å². The molecule has 0 radical (unpaired) electrons. The first-order valence-corrected chi connectivity index (χ1v) is 6.22. The summed E-state index contributed by atoms with van der Waals surface area (Å²) in [6, 6.07) is 0. The molecule has 2 heterocycles. The number of aromatic nitrogens is 5. The summed E-state index contributed by atoms with van der Waals surface area (Å²) in [5.74, 6) is -0.724. The summed E-state index contributed by atoms with van der Waals surface area (Å²) >= 11 is 0. The van der Waals surface area contributed by atoms with E-state index in [2.05, 4.69) is 15.4 Å². The van der Waals surface area contributed by atoms with Gasteiger partial charge in [-0.05, 0) is 12.8 Å². The number of hydrogen-bond donors (Lipinski definition) is 1. The lowest BCUT2D eigenvalue weighted by Crippen LogP contribution is -2.09. The Morgan fingerprint density at radius 2 is 2.21 bits per heavy atom. The molecule has 7 heteroatoms. The topological polar surface area (TPSA) is 85.8 Å². The van der Waals surface area contributed by atoms with E-state index in [1.165, 1.54) is 0 Å². The number of carboxylic acid groups (broad SMARTS) is 1. The first kappa shape index (κ1) is 13.3. The minimum atomic E-state index is -1.07. The normalized spacial score (nSPS) is 11.2. The van der Waals surface area contributed by atoms with Crippen molar-refractivity contribution in [1.82, 2.24) is 24.8 Å². The van der Waals surface area contributed by atoms with Crippen LogP contribution in [-0.2, 0) is 13.1 Å². The molecule has 0 aliphatic heterocycles. The molecule has 102 valence electrons. The molecule has 0 aliphatic rings. The van der Waals surface area contributed by atoms with Gasteiger partial charge in [0.25, 0.3) is 0 Å². The number of aryl methyl sites for hydroxylation is 1. The van der Waals surface area contributed by atoms with Gasteiger partial charge < -0.3 is 5.11 Å². The Balaban J connectivity index is 2.50. The summed E-state index contributed by atoms with van der Waals surface area (Å²) < 4.78 is 3.37. The van der Waals surface area contributed by atoms with Crippen molar-refractivity contribution in [1.29, 1.82) is 0 Å². The van der Waals surface area contributed by atoms with Gasteiger partial charge in [-0.1, -0.05) is 19.1 Å². The molecule has 0 aromatic carbocycles. The molecule has 2 rings (SSSR count). The Morgan fingerprint density at radius 1 is 1.47 bits per heavy atom. The molecular weight excluding hydrogens is 246 g/mol. The third-order valence-corrected chi connectivity index (χ3v) is 2.71. The summed E-state index contributed by atoms with van der Waals surface area (Å²) in [7, 11) is 0. The van der Waals surface area contributed by atoms with Gasteiger partial charge >= 0.3 is 5.97 Å². The zero-order chi connectivity index (χ0) is 14.0. The molecular formula is C12H17N5O2. The molecule has 19 heavy (non-hydrogen) atoms. The van der Waals surface area contributed by atoms with Gasteiger partial charge in [0.15, 0.2) is 5.69 Å². The van der Waals surface area contributed by atoms with Crippen LogP contribution in [-0.4, -0.2) is 35.9 Å². The summed E-state index contributed by atoms with van der Waals surface area (Å²) in [6.45, 7) is 7.41. The van der Waals surface area contributed by atoms with Crippen molar-refractivity contribution < 1.29 is 9.90 Å². The second kappa shape index (κ2) is 5.21. The summed E-state index contributed by atoms with van der Waals surface area (Å²) in [5.41, 5.74) is 1.21. The lowest BCUT2D eigenvalue weighted by atomic mass is 10.1. The number of rotatable bonds is 5. The van der Waals surface area contributed by atoms with Gasteiger partial charge in [0, 0.05) is 24.8 Å². The minimum absolute atomic E-state index is 0.0312. The fourth-order valence-electron chi connectivity index (χ4n) is 1.88. The van der Waals surface area contributed by atoms with Crippen molar-refractivity contribution in [3.05, 3.63) is 18.1 Å². The van der Waals surface area contributed by atoms with Gasteiger partial charge in [0.1, 0.15) is 5.69 Å². The van der Waals surface area contributed by atoms with Gasteiger partial charge in [-0.15, -0.1) is 5.10 Å². The highest BCUT2D eigenvalue weighted by atomic mass is 16.4. The van der Waals surface area contributed by atoms with Crippen molar-refractivity contribution >= 4 is 5.97 Å². The van der Waals surface area contributed by atoms with E-state index >= 15 is 0 Å². The first-order valence-electron chi connectivity index (χ1n) is 6.22. The molecule has 1 N–H and O–H groups in total. The smallest absolute Gasteiger partial charge is 0.358 e. The molecule has 0 aliphatic carbocycles. The third kappa shape index (κ3) is 2.64. The van der Waals surface area contributed by atoms with Crippen molar-refractivity contribution in [2.45, 2.75) is 33.9 Å². The van der Waals surface area contributed by atoms with E-state index < -0.39 is 5.97 Å². The van der Waals surface area contributed by atoms with E-state index in [-0.39, 0.29) is 5.69 Å². The fraction of sp³-hybridized carbons (Fsp3) is 0.500. The molecule has 0 saturated carbocycles. The van der Waals surface area contributed by atoms with Gasteiger partial charge in [0.2, 0.25) is 0 Å². The van der Waals surface area contributed by atoms with Crippen LogP contribution in [0.25, 0.3) is 11.3 Å². The minimum Gasteiger partial charge on any atom is -0.476 e. The summed E-state index contributed by atoms with van der Waals surface area (Å²) in [4.78, 5) is 11.2. The maximum Gasteiger partial charge on any atom is 0.358 e. The lowest BCUT2D eigenvalue weighted by Gasteiger charge is -2.07. The Morgan fingerprint density at radius 3 is 2.74 bits per heavy atom. The van der Waals surface area contributed by atoms with Crippen LogP contribution in [0.2, 0.25) is 0 Å². The molecule has 0 atom stereocenters. The van der Waals surface area contributed by atoms with Gasteiger partial charge in [-0.2, -0.15) is 5.10 Å². The molecule has 0 unspecified atom stereocenters. The van der Waals surface area contributed by atoms with Crippen LogP contribution in [0.4, 0.5) is 0 Å². The Kier molecular flexibility index (Phi) is 3.64. The SMILES string of the molecule is CCn1cc(-c2c(C(=O)O)nnn2CC(C)C)cn1. The molecule has 0 amide bonds. The van der Waals surface area contributed by atoms with Crippen LogP contribution in [0.3, 0.4) is 0 Å². The zero-order valence-corrected chi connectivity index (χ0v) is 11.2. The summed E-state index contributed by atoms with van der Waals surface area (Å²) in [6.07, 6.45) is 3.45. The Bertz CT molecular complexity index is 585. The highest BCUT2D eigenvalue weighted by molar-refractivity contribution is 5.92. The molecule has 0 saturated heterocycles. The molecule has 2 aromatic heterocycles. The number of carboxylic acids is 1. The van der Waals surface area contributed by atoms with Crippen molar-refractivity contribution in [3.8, 4) is 11.3 Å². The maximum atomic E-state index is 11.2. The lowest BCUT2D eigenvalue weighted by molar-refractivity contribution is 0.0691. The summed E-state index contributed by atoms with van der Waals surface area (Å²) in [5, 5.41) is 21.1. The third-order valence-electron chi connectivity index (χ3n) is 2.71. The van der Waals surface area contributed by atoms with Crippen LogP contribution in [0.1, 0.15) is 31.3 Å². The molecule has 7 nitrogen and oxygen atoms in total. The van der Waals surface area contributed by atoms with Crippen LogP contribution in [0, 0.1) is 5.92 Å². The predicted octanol–water partition coefficient (Wildman–Crippen LogP) is 1.52. The Labute approximate surface area is 110 Å². The van der Waals surface area contributed by atoms with E-state index in [1.807, 2.05) is 27.0 Å². The van der Waals surface area contributed by atoms with E-state index in [0.717, 1.165) is 12.1 Å². The van der Waals surface area contributed by atoms with Crippen LogP contribution >= 0.6 is 0 Å². The van der Waals surface area contributed by atoms with Crippen LogP contribution < -0.4 is 0 Å². The van der Waals surface area contributed by atoms with E-state index in [4.69, 9.17) is 0 Å². The average molecular weight is 263 g/mol. The number of nitrogens with zero attached hydrogens (tertiary/aromatic N) is 5. The van der Waals surface area contributed by atoms with Crippen molar-refractivity contribution in [3.63, 3.8) is 0 Å². The highest BCUT2D eigenvalue weighted by Gasteiger charge is 2.22. The standard InChI is InChI=1S/C12H17N5O2/c1-4-16-7-9(5-13-16)11-10(12(18)19)14-15-17(11)6-8(2)3/h5,7-8H,4,6H2,1-3H3,(H,18,19). The maximum absolute atomic E-state index is 11.2. The van der Waals surface area contributed by atoms with E-state index in [1.54, 1.807) is 15.6 Å². The monoisotopic (exact) mass is 263 g/mol. The highest BCUT2D eigenvalue weighted by Crippen LogP contribution is 2.22. The van der Waals surface area contributed by atoms with Gasteiger partial charge in [-0.3, -0.25) is 4.68 Å². The molecule has 0 spiro atoms. The number of carbonyl (C=O) groups is 1. The van der Waals surface area contributed by atoms with Crippen molar-refractivity contribution in [2.75, 3.05) is 0 Å². The molecule has 0 bridgehead atoms. The van der Waals surface area contributed by atoms with E-state index in [0.29, 0.717) is 18.2 Å². The fourth-order valence-corrected chi connectivity index (χ4v) is 1.88. The number of hydrogen-bond acceptors (Lipinski definition) is 4. The van der Waals surface area contributed by atoms with Gasteiger partial charge in [-0.25, -0.2) is 9.48 Å². The van der Waals surface area contributed by atoms with E-state index in [9.17, 15) is 9.90 Å². The van der Waals surface area contributed by atoms with Gasteiger partial charge in [0.05, 0.1) is 6.20 Å². The quantitative estimate of drug-likeness (QED) is 0.883. The van der Waals surface area contributed by atoms with Crippen molar-refractivity contribution in [2.24, 2.45) is 5.92 Å². The zero-order valence-electron chi connectivity index (χ0n) is 11.2. The second-order valence-electron chi connectivity index (χ2n) is 4.75. The Hall–Kier alpha value is -2.18. The molecule has 2 aromatic rings. The molecule has 0 fully saturated rings.